The molecule has 1 aliphatic carbocycles. The number of rotatable bonds is 5. The van der Waals surface area contributed by atoms with Crippen LogP contribution < -0.4 is 23.7 Å². The first-order valence-corrected chi connectivity index (χ1v) is 14.7. The first-order chi connectivity index (χ1) is 20.2. The second-order valence-electron chi connectivity index (χ2n) is 12.2. The van der Waals surface area contributed by atoms with Crippen molar-refractivity contribution in [3.8, 4) is 28.7 Å². The average Bonchev–Trinajstić information content (AvgIpc) is 3.58. The molecule has 2 atom stereocenters. The van der Waals surface area contributed by atoms with Crippen LogP contribution in [0.2, 0.25) is 0 Å². The molecule has 1 saturated carbocycles. The van der Waals surface area contributed by atoms with Crippen molar-refractivity contribution >= 4 is 12.1 Å². The lowest BCUT2D eigenvalue weighted by Crippen LogP contribution is -2.45. The number of hydrogen-bond acceptors (Lipinski definition) is 9. The summed E-state index contributed by atoms with van der Waals surface area (Å²) in [5.41, 5.74) is 3.12. The number of ether oxygens (including phenoxy) is 7. The molecular weight excluding hydrogens is 542 g/mol. The lowest BCUT2D eigenvalue weighted by Gasteiger charge is -2.42. The minimum atomic E-state index is -0.854. The largest absolute Gasteiger partial charge is 0.493 e. The maximum absolute atomic E-state index is 13.8. The molecule has 10 heteroatoms. The monoisotopic (exact) mass is 581 g/mol. The van der Waals surface area contributed by atoms with Crippen molar-refractivity contribution in [1.82, 2.24) is 4.90 Å². The molecule has 0 N–H and O–H groups in total. The number of nitrogens with zero attached hydrogens (tertiary/aromatic N) is 1. The smallest absolute Gasteiger partial charge is 0.410 e. The summed E-state index contributed by atoms with van der Waals surface area (Å²) < 4.78 is 41.3. The van der Waals surface area contributed by atoms with Crippen LogP contribution in [0.25, 0.3) is 0 Å². The van der Waals surface area contributed by atoms with Crippen LogP contribution in [0, 0.1) is 0 Å². The topological polar surface area (TPSA) is 102 Å². The third kappa shape index (κ3) is 4.55. The van der Waals surface area contributed by atoms with E-state index in [-0.39, 0.29) is 12.4 Å². The maximum Gasteiger partial charge on any atom is 0.410 e. The summed E-state index contributed by atoms with van der Waals surface area (Å²) >= 11 is 0. The van der Waals surface area contributed by atoms with Gasteiger partial charge in [-0.25, -0.2) is 9.59 Å². The summed E-state index contributed by atoms with van der Waals surface area (Å²) in [6.45, 7) is 5.96. The number of amides is 1. The lowest BCUT2D eigenvalue weighted by molar-refractivity contribution is -0.0195. The van der Waals surface area contributed by atoms with Gasteiger partial charge in [-0.15, -0.1) is 0 Å². The Morgan fingerprint density at radius 3 is 2.31 bits per heavy atom. The van der Waals surface area contributed by atoms with Crippen molar-refractivity contribution in [2.45, 2.75) is 83.0 Å². The zero-order valence-corrected chi connectivity index (χ0v) is 25.2. The van der Waals surface area contributed by atoms with Gasteiger partial charge < -0.3 is 33.2 Å². The van der Waals surface area contributed by atoms with Crippen molar-refractivity contribution in [3.05, 3.63) is 39.9 Å². The summed E-state index contributed by atoms with van der Waals surface area (Å²) in [4.78, 5) is 29.0. The fourth-order valence-corrected chi connectivity index (χ4v) is 7.03. The van der Waals surface area contributed by atoms with Crippen molar-refractivity contribution in [2.75, 3.05) is 34.7 Å². The van der Waals surface area contributed by atoms with Crippen LogP contribution in [0.5, 0.6) is 28.7 Å². The van der Waals surface area contributed by atoms with Gasteiger partial charge in [-0.1, -0.05) is 25.3 Å². The Kier molecular flexibility index (Phi) is 7.27. The van der Waals surface area contributed by atoms with Crippen LogP contribution >= 0.6 is 0 Å². The Morgan fingerprint density at radius 2 is 1.64 bits per heavy atom. The molecule has 1 fully saturated rings. The van der Waals surface area contributed by atoms with Gasteiger partial charge in [0.2, 0.25) is 12.5 Å². The molecule has 1 amide bonds. The number of esters is 1. The summed E-state index contributed by atoms with van der Waals surface area (Å²) in [6.07, 6.45) is 4.82. The maximum atomic E-state index is 13.8. The molecule has 0 saturated heterocycles. The molecule has 2 aromatic rings. The molecule has 0 radical (unpaired) electrons. The minimum Gasteiger partial charge on any atom is -0.493 e. The van der Waals surface area contributed by atoms with Crippen molar-refractivity contribution in [3.63, 3.8) is 0 Å². The van der Waals surface area contributed by atoms with E-state index in [9.17, 15) is 9.59 Å². The number of carbonyl (C=O) groups excluding carboxylic acids is 2. The van der Waals surface area contributed by atoms with E-state index in [0.29, 0.717) is 47.4 Å². The molecule has 10 nitrogen and oxygen atoms in total. The molecule has 4 aliphatic rings. The van der Waals surface area contributed by atoms with E-state index in [2.05, 4.69) is 0 Å². The quantitative estimate of drug-likeness (QED) is 0.380. The number of carbonyl (C=O) groups is 2. The number of fused-ring (bicyclic) bond motifs is 3. The van der Waals surface area contributed by atoms with Crippen LogP contribution in [0.4, 0.5) is 4.79 Å². The molecule has 42 heavy (non-hydrogen) atoms. The Hall–Kier alpha value is -3.82. The second-order valence-corrected chi connectivity index (χ2v) is 12.2. The summed E-state index contributed by atoms with van der Waals surface area (Å²) in [7, 11) is 4.59. The van der Waals surface area contributed by atoms with E-state index in [1.165, 1.54) is 20.6 Å². The van der Waals surface area contributed by atoms with Crippen LogP contribution in [0.1, 0.15) is 104 Å². The van der Waals surface area contributed by atoms with E-state index in [4.69, 9.17) is 33.2 Å². The Labute approximate surface area is 246 Å². The van der Waals surface area contributed by atoms with Crippen LogP contribution in [-0.2, 0) is 15.9 Å². The Morgan fingerprint density at radius 1 is 0.929 bits per heavy atom. The van der Waals surface area contributed by atoms with Gasteiger partial charge in [0.1, 0.15) is 17.2 Å². The van der Waals surface area contributed by atoms with Gasteiger partial charge >= 0.3 is 12.1 Å². The number of methoxy groups -OCH3 is 3. The van der Waals surface area contributed by atoms with Gasteiger partial charge in [0, 0.05) is 23.2 Å². The SMILES string of the molecule is COc1ccc2c(c1OC)C(=O)O[C@@H]2[C@H]1c2c(c(C3CCCCC3)c3c(c2OC)OCO3)CCN1C(=O)OC(C)(C)C. The van der Waals surface area contributed by atoms with Gasteiger partial charge in [-0.05, 0) is 57.6 Å². The van der Waals surface area contributed by atoms with Crippen LogP contribution in [-0.4, -0.2) is 57.2 Å². The van der Waals surface area contributed by atoms with Crippen LogP contribution in [0.3, 0.4) is 0 Å². The van der Waals surface area contributed by atoms with E-state index in [0.717, 1.165) is 48.1 Å². The molecule has 3 aliphatic heterocycles. The molecule has 0 aromatic heterocycles. The third-order valence-corrected chi connectivity index (χ3v) is 8.65. The second kappa shape index (κ2) is 10.8. The summed E-state index contributed by atoms with van der Waals surface area (Å²) in [6, 6.07) is 2.80. The Bertz CT molecular complexity index is 1410. The van der Waals surface area contributed by atoms with Gasteiger partial charge in [-0.2, -0.15) is 0 Å². The fourth-order valence-electron chi connectivity index (χ4n) is 7.03. The number of benzene rings is 2. The van der Waals surface area contributed by atoms with Crippen LogP contribution in [0.15, 0.2) is 12.1 Å². The highest BCUT2D eigenvalue weighted by atomic mass is 16.7. The molecule has 2 aromatic carbocycles. The molecular formula is C32H39NO9. The van der Waals surface area contributed by atoms with Gasteiger partial charge in [0.25, 0.3) is 0 Å². The van der Waals surface area contributed by atoms with Crippen molar-refractivity contribution in [2.24, 2.45) is 0 Å². The molecule has 0 unspecified atom stereocenters. The van der Waals surface area contributed by atoms with Gasteiger partial charge in [0.15, 0.2) is 29.1 Å². The normalized spacial score (nSPS) is 21.4. The average molecular weight is 582 g/mol. The first-order valence-electron chi connectivity index (χ1n) is 14.7. The van der Waals surface area contributed by atoms with Gasteiger partial charge in [0.05, 0.1) is 21.3 Å². The standard InChI is InChI=1S/C32H39NO9/c1-32(2,3)42-31(35)33-15-14-18-21(17-10-8-7-9-11-17)28-29(40-16-39-28)27(38-6)22(18)24(33)25-19-12-13-20(36-4)26(37-5)23(19)30(34)41-25/h12-13,17,24-25H,7-11,14-16H2,1-6H3/t24-,25+/m1/s1. The molecule has 0 bridgehead atoms. The predicted octanol–water partition coefficient (Wildman–Crippen LogP) is 6.23. The van der Waals surface area contributed by atoms with E-state index < -0.39 is 29.8 Å². The number of hydrogen-bond donors (Lipinski definition) is 0. The highest BCUT2D eigenvalue weighted by Crippen LogP contribution is 2.59. The molecule has 3 heterocycles. The zero-order valence-electron chi connectivity index (χ0n) is 25.2. The van der Waals surface area contributed by atoms with E-state index in [1.54, 1.807) is 24.1 Å². The molecule has 6 rings (SSSR count). The predicted molar refractivity (Wildman–Crippen MR) is 152 cm³/mol. The van der Waals surface area contributed by atoms with E-state index >= 15 is 0 Å². The Balaban J connectivity index is 1.59. The van der Waals surface area contributed by atoms with Crippen molar-refractivity contribution < 1.29 is 42.7 Å². The third-order valence-electron chi connectivity index (χ3n) is 8.65. The summed E-state index contributed by atoms with van der Waals surface area (Å²) in [5, 5.41) is 0. The highest BCUT2D eigenvalue weighted by molar-refractivity contribution is 5.98. The zero-order chi connectivity index (χ0) is 29.8. The minimum absolute atomic E-state index is 0.0903. The van der Waals surface area contributed by atoms with Crippen molar-refractivity contribution in [1.29, 1.82) is 0 Å². The summed E-state index contributed by atoms with van der Waals surface area (Å²) in [5.74, 6) is 2.21. The molecule has 226 valence electrons. The highest BCUT2D eigenvalue weighted by Gasteiger charge is 2.50. The molecule has 0 spiro atoms. The lowest BCUT2D eigenvalue weighted by atomic mass is 9.76. The first kappa shape index (κ1) is 28.3. The van der Waals surface area contributed by atoms with E-state index in [1.807, 2.05) is 20.8 Å². The van der Waals surface area contributed by atoms with Gasteiger partial charge in [-0.3, -0.25) is 4.90 Å². The fraction of sp³-hybridized carbons (Fsp3) is 0.562. The number of cyclic esters (lactones) is 1.